The molecule has 0 aliphatic carbocycles. The third kappa shape index (κ3) is 7.12. The average molecular weight is 541 g/mol. The summed E-state index contributed by atoms with van der Waals surface area (Å²) in [5, 5.41) is 19.1. The van der Waals surface area contributed by atoms with E-state index in [9.17, 15) is 19.2 Å². The van der Waals surface area contributed by atoms with Gasteiger partial charge in [0.1, 0.15) is 11.6 Å². The van der Waals surface area contributed by atoms with Crippen LogP contribution in [0.3, 0.4) is 0 Å². The number of nitriles is 1. The van der Waals surface area contributed by atoms with E-state index in [1.54, 1.807) is 41.3 Å². The molecule has 3 aromatic rings. The lowest BCUT2D eigenvalue weighted by Crippen LogP contribution is -2.46. The van der Waals surface area contributed by atoms with Crippen molar-refractivity contribution < 1.29 is 14.0 Å². The topological polar surface area (TPSA) is 147 Å². The zero-order valence-electron chi connectivity index (χ0n) is 21.9. The summed E-state index contributed by atoms with van der Waals surface area (Å²) in [7, 11) is 0. The summed E-state index contributed by atoms with van der Waals surface area (Å²) < 4.78 is 13.6. The number of hydrogen-bond acceptors (Lipinski definition) is 6. The van der Waals surface area contributed by atoms with E-state index < -0.39 is 0 Å². The highest BCUT2D eigenvalue weighted by molar-refractivity contribution is 5.99. The van der Waals surface area contributed by atoms with Crippen molar-refractivity contribution in [2.75, 3.05) is 38.0 Å². The lowest BCUT2D eigenvalue weighted by atomic mass is 9.96. The number of nitrogens with one attached hydrogen (secondary N) is 2. The number of piperidine rings is 1. The average Bonchev–Trinajstić information content (AvgIpc) is 2.97. The van der Waals surface area contributed by atoms with Crippen LogP contribution in [0.15, 0.2) is 65.8 Å². The van der Waals surface area contributed by atoms with Crippen LogP contribution < -0.4 is 10.6 Å². The number of halogens is 1. The van der Waals surface area contributed by atoms with Gasteiger partial charge in [0, 0.05) is 43.2 Å². The van der Waals surface area contributed by atoms with Crippen LogP contribution in [0.2, 0.25) is 0 Å². The molecular formula is C29H29FN8O2. The first kappa shape index (κ1) is 28.1. The molecule has 1 saturated heterocycles. The van der Waals surface area contributed by atoms with Crippen LogP contribution in [0.25, 0.3) is 21.7 Å². The van der Waals surface area contributed by atoms with Crippen molar-refractivity contribution in [3.8, 4) is 17.3 Å². The second kappa shape index (κ2) is 13.7. The number of anilines is 1. The molecule has 10 nitrogen and oxygen atoms in total. The van der Waals surface area contributed by atoms with Gasteiger partial charge in [0.05, 0.1) is 28.8 Å². The number of carbonyl (C=O) groups excluding carboxylic acids is 2. The Morgan fingerprint density at radius 3 is 2.88 bits per heavy atom. The third-order valence-corrected chi connectivity index (χ3v) is 6.74. The number of benzene rings is 2. The molecule has 2 aromatic carbocycles. The second-order valence-corrected chi connectivity index (χ2v) is 9.39. The van der Waals surface area contributed by atoms with E-state index in [1.807, 2.05) is 12.1 Å². The molecule has 204 valence electrons. The highest BCUT2D eigenvalue weighted by Crippen LogP contribution is 2.25. The highest BCUT2D eigenvalue weighted by atomic mass is 19.1. The maximum absolute atomic E-state index is 13.6. The summed E-state index contributed by atoms with van der Waals surface area (Å²) in [4.78, 5) is 35.2. The maximum Gasteiger partial charge on any atom is 0.255 e. The molecule has 2 heterocycles. The molecule has 11 heteroatoms. The lowest BCUT2D eigenvalue weighted by molar-refractivity contribution is -0.138. The number of rotatable bonds is 11. The SMILES string of the molecule is N#Cc1ccccc1-c1ccc(C(=O)NCC2CCCN(CCN=[N+]=[N-])C2=O)c(NCCc2cccc(F)c2)n1. The minimum atomic E-state index is -0.389. The van der Waals surface area contributed by atoms with Gasteiger partial charge in [-0.15, -0.1) is 0 Å². The zero-order valence-corrected chi connectivity index (χ0v) is 21.9. The molecule has 0 spiro atoms. The van der Waals surface area contributed by atoms with Gasteiger partial charge in [0.25, 0.3) is 5.91 Å². The Kier molecular flexibility index (Phi) is 9.64. The summed E-state index contributed by atoms with van der Waals surface area (Å²) in [5.74, 6) is -0.831. The summed E-state index contributed by atoms with van der Waals surface area (Å²) in [6, 6.07) is 18.9. The van der Waals surface area contributed by atoms with E-state index in [0.29, 0.717) is 60.7 Å². The number of azide groups is 1. The lowest BCUT2D eigenvalue weighted by Gasteiger charge is -2.32. The van der Waals surface area contributed by atoms with Crippen LogP contribution in [0.5, 0.6) is 0 Å². The van der Waals surface area contributed by atoms with Gasteiger partial charge < -0.3 is 15.5 Å². The molecule has 0 radical (unpaired) electrons. The molecule has 40 heavy (non-hydrogen) atoms. The first-order valence-electron chi connectivity index (χ1n) is 13.1. The first-order valence-corrected chi connectivity index (χ1v) is 13.1. The van der Waals surface area contributed by atoms with Crippen LogP contribution in [-0.4, -0.2) is 54.4 Å². The predicted molar refractivity (Wildman–Crippen MR) is 149 cm³/mol. The predicted octanol–water partition coefficient (Wildman–Crippen LogP) is 4.69. The van der Waals surface area contributed by atoms with Gasteiger partial charge in [0.15, 0.2) is 0 Å². The first-order chi connectivity index (χ1) is 19.5. The fraction of sp³-hybridized carbons (Fsp3) is 0.310. The molecule has 4 rings (SSSR count). The molecule has 1 aliphatic rings. The number of hydrogen-bond donors (Lipinski definition) is 2. The minimum absolute atomic E-state index is 0.0743. The van der Waals surface area contributed by atoms with Gasteiger partial charge >= 0.3 is 0 Å². The molecule has 2 amide bonds. The quantitative estimate of drug-likeness (QED) is 0.206. The van der Waals surface area contributed by atoms with Crippen molar-refractivity contribution >= 4 is 17.6 Å². The van der Waals surface area contributed by atoms with Crippen molar-refractivity contribution in [2.45, 2.75) is 19.3 Å². The fourth-order valence-electron chi connectivity index (χ4n) is 4.70. The van der Waals surface area contributed by atoms with Gasteiger partial charge in [-0.2, -0.15) is 5.26 Å². The minimum Gasteiger partial charge on any atom is -0.369 e. The van der Waals surface area contributed by atoms with Crippen LogP contribution in [0, 0.1) is 23.1 Å². The molecule has 2 N–H and O–H groups in total. The number of aromatic nitrogens is 1. The van der Waals surface area contributed by atoms with Crippen LogP contribution in [0.4, 0.5) is 10.2 Å². The van der Waals surface area contributed by atoms with Crippen LogP contribution in [-0.2, 0) is 11.2 Å². The van der Waals surface area contributed by atoms with Crippen LogP contribution >= 0.6 is 0 Å². The van der Waals surface area contributed by atoms with E-state index in [4.69, 9.17) is 5.53 Å². The molecule has 1 aliphatic heterocycles. The summed E-state index contributed by atoms with van der Waals surface area (Å²) in [6.07, 6.45) is 1.95. The fourth-order valence-corrected chi connectivity index (χ4v) is 4.70. The normalized spacial score (nSPS) is 14.7. The highest BCUT2D eigenvalue weighted by Gasteiger charge is 2.29. The van der Waals surface area contributed by atoms with Gasteiger partial charge in [0.2, 0.25) is 5.91 Å². The van der Waals surface area contributed by atoms with E-state index in [-0.39, 0.29) is 36.6 Å². The molecule has 1 atom stereocenters. The number of likely N-dealkylation sites (tertiary alicyclic amines) is 1. The van der Waals surface area contributed by atoms with Crippen molar-refractivity contribution in [1.29, 1.82) is 5.26 Å². The second-order valence-electron chi connectivity index (χ2n) is 9.39. The molecule has 0 saturated carbocycles. The van der Waals surface area contributed by atoms with Gasteiger partial charge in [-0.1, -0.05) is 35.4 Å². The standard InChI is InChI=1S/C29H29FN8O2/c30-23-8-3-5-20(17-23)12-13-33-27-25(10-11-26(36-27)24-9-2-1-6-21(24)18-31)28(39)34-19-22-7-4-15-38(29(22)40)16-14-35-37-32/h1-3,5-6,8-11,17,22H,4,7,12-16,19H2,(H,33,36)(H,34,39). The van der Waals surface area contributed by atoms with E-state index in [1.165, 1.54) is 12.1 Å². The number of carbonyl (C=O) groups is 2. The van der Waals surface area contributed by atoms with Gasteiger partial charge in [-0.3, -0.25) is 9.59 Å². The number of pyridine rings is 1. The Morgan fingerprint density at radius 2 is 2.08 bits per heavy atom. The van der Waals surface area contributed by atoms with E-state index in [2.05, 4.69) is 31.7 Å². The van der Waals surface area contributed by atoms with E-state index >= 15 is 0 Å². The van der Waals surface area contributed by atoms with Crippen LogP contribution in [0.1, 0.15) is 34.3 Å². The summed E-state index contributed by atoms with van der Waals surface area (Å²) >= 11 is 0. The van der Waals surface area contributed by atoms with Gasteiger partial charge in [-0.25, -0.2) is 9.37 Å². The largest absolute Gasteiger partial charge is 0.369 e. The third-order valence-electron chi connectivity index (χ3n) is 6.74. The van der Waals surface area contributed by atoms with Crippen molar-refractivity contribution in [3.63, 3.8) is 0 Å². The Labute approximate surface area is 231 Å². The van der Waals surface area contributed by atoms with Crippen molar-refractivity contribution in [3.05, 3.63) is 93.6 Å². The molecule has 1 unspecified atom stereocenters. The van der Waals surface area contributed by atoms with Gasteiger partial charge in [-0.05, 0) is 60.7 Å². The zero-order chi connectivity index (χ0) is 28.3. The number of nitrogens with zero attached hydrogens (tertiary/aromatic N) is 6. The molecule has 1 aromatic heterocycles. The Morgan fingerprint density at radius 1 is 1.23 bits per heavy atom. The Balaban J connectivity index is 1.50. The monoisotopic (exact) mass is 540 g/mol. The molecule has 1 fully saturated rings. The summed E-state index contributed by atoms with van der Waals surface area (Å²) in [5.41, 5.74) is 11.2. The van der Waals surface area contributed by atoms with E-state index in [0.717, 1.165) is 12.0 Å². The summed E-state index contributed by atoms with van der Waals surface area (Å²) in [6.45, 7) is 1.71. The smallest absolute Gasteiger partial charge is 0.255 e. The Bertz CT molecular complexity index is 1460. The van der Waals surface area contributed by atoms with Crippen molar-refractivity contribution in [1.82, 2.24) is 15.2 Å². The maximum atomic E-state index is 13.6. The van der Waals surface area contributed by atoms with Crippen molar-refractivity contribution in [2.24, 2.45) is 11.0 Å². The Hall–Kier alpha value is -4.94. The number of amides is 2. The molecular weight excluding hydrogens is 511 g/mol. The molecule has 0 bridgehead atoms.